The summed E-state index contributed by atoms with van der Waals surface area (Å²) in [6, 6.07) is 6.58. The lowest BCUT2D eigenvalue weighted by Crippen LogP contribution is -2.52. The van der Waals surface area contributed by atoms with E-state index in [9.17, 15) is 8.42 Å². The van der Waals surface area contributed by atoms with Crippen LogP contribution in [0, 0.1) is 0 Å². The second-order valence-electron chi connectivity index (χ2n) is 4.57. The summed E-state index contributed by atoms with van der Waals surface area (Å²) in [5.74, 6) is 0.690. The summed E-state index contributed by atoms with van der Waals surface area (Å²) in [4.78, 5) is 0.324. The fraction of sp³-hybridized carbons (Fsp3) is 0.538. The molecule has 19 heavy (non-hydrogen) atoms. The lowest BCUT2D eigenvalue weighted by molar-refractivity contribution is 0.284. The van der Waals surface area contributed by atoms with Gasteiger partial charge in [-0.05, 0) is 38.1 Å². The predicted octanol–water partition coefficient (Wildman–Crippen LogP) is 1.07. The minimum atomic E-state index is -3.41. The van der Waals surface area contributed by atoms with Gasteiger partial charge in [0.2, 0.25) is 10.0 Å². The molecule has 1 aliphatic rings. The zero-order valence-electron chi connectivity index (χ0n) is 11.3. The van der Waals surface area contributed by atoms with Crippen molar-refractivity contribution in [1.29, 1.82) is 0 Å². The number of sulfonamides is 1. The summed E-state index contributed by atoms with van der Waals surface area (Å²) in [6.07, 6.45) is 0. The first-order valence-corrected chi connectivity index (χ1v) is 7.95. The maximum absolute atomic E-state index is 12.5. The maximum Gasteiger partial charge on any atom is 0.243 e. The van der Waals surface area contributed by atoms with Gasteiger partial charge in [-0.25, -0.2) is 8.42 Å². The van der Waals surface area contributed by atoms with Crippen LogP contribution in [-0.4, -0.2) is 45.0 Å². The van der Waals surface area contributed by atoms with Crippen molar-refractivity contribution >= 4 is 10.0 Å². The summed E-state index contributed by atoms with van der Waals surface area (Å²) in [7, 11) is -3.41. The zero-order chi connectivity index (χ0) is 13.9. The Morgan fingerprint density at radius 3 is 2.63 bits per heavy atom. The maximum atomic E-state index is 12.5. The second kappa shape index (κ2) is 5.90. The van der Waals surface area contributed by atoms with Crippen LogP contribution >= 0.6 is 0 Å². The van der Waals surface area contributed by atoms with Crippen molar-refractivity contribution in [1.82, 2.24) is 9.62 Å². The average Bonchev–Trinajstić information content (AvgIpc) is 2.40. The first-order chi connectivity index (χ1) is 9.05. The van der Waals surface area contributed by atoms with Crippen molar-refractivity contribution in [3.8, 4) is 5.75 Å². The van der Waals surface area contributed by atoms with E-state index >= 15 is 0 Å². The van der Waals surface area contributed by atoms with Gasteiger partial charge in [0, 0.05) is 25.7 Å². The monoisotopic (exact) mass is 284 g/mol. The molecule has 1 heterocycles. The van der Waals surface area contributed by atoms with Crippen molar-refractivity contribution in [2.75, 3.05) is 26.2 Å². The standard InChI is InChI=1S/C13H20N2O3S/c1-3-18-12-4-6-13(7-5-12)19(16,17)15-9-8-14-10-11(15)2/h4-7,11,14H,3,8-10H2,1-2H3. The summed E-state index contributed by atoms with van der Waals surface area (Å²) in [5, 5.41) is 3.19. The fourth-order valence-electron chi connectivity index (χ4n) is 2.19. The van der Waals surface area contributed by atoms with Crippen LogP contribution in [0.5, 0.6) is 5.75 Å². The molecule has 0 aliphatic carbocycles. The zero-order valence-corrected chi connectivity index (χ0v) is 12.1. The normalized spacial score (nSPS) is 21.3. The molecule has 6 heteroatoms. The van der Waals surface area contributed by atoms with E-state index in [1.165, 1.54) is 0 Å². The molecule has 1 atom stereocenters. The number of benzene rings is 1. The van der Waals surface area contributed by atoms with Gasteiger partial charge < -0.3 is 10.1 Å². The number of ether oxygens (including phenoxy) is 1. The number of hydrogen-bond acceptors (Lipinski definition) is 4. The first kappa shape index (κ1) is 14.3. The molecule has 0 radical (unpaired) electrons. The van der Waals surface area contributed by atoms with E-state index in [2.05, 4.69) is 5.32 Å². The Kier molecular flexibility index (Phi) is 4.44. The van der Waals surface area contributed by atoms with E-state index in [1.54, 1.807) is 28.6 Å². The average molecular weight is 284 g/mol. The minimum absolute atomic E-state index is 0.0229. The third-order valence-corrected chi connectivity index (χ3v) is 5.21. The van der Waals surface area contributed by atoms with Gasteiger partial charge in [0.25, 0.3) is 0 Å². The number of nitrogens with zero attached hydrogens (tertiary/aromatic N) is 1. The highest BCUT2D eigenvalue weighted by Gasteiger charge is 2.30. The van der Waals surface area contributed by atoms with Crippen LogP contribution in [0.2, 0.25) is 0 Å². The lowest BCUT2D eigenvalue weighted by Gasteiger charge is -2.32. The SMILES string of the molecule is CCOc1ccc(S(=O)(=O)N2CCNCC2C)cc1. The van der Waals surface area contributed by atoms with Crippen molar-refractivity contribution in [3.05, 3.63) is 24.3 Å². The van der Waals surface area contributed by atoms with Gasteiger partial charge in [0.15, 0.2) is 0 Å². The van der Waals surface area contributed by atoms with Gasteiger partial charge in [-0.15, -0.1) is 0 Å². The summed E-state index contributed by atoms with van der Waals surface area (Å²) >= 11 is 0. The van der Waals surface area contributed by atoms with E-state index in [4.69, 9.17) is 4.74 Å². The molecule has 1 fully saturated rings. The molecular formula is C13H20N2O3S. The molecule has 0 saturated carbocycles. The Morgan fingerprint density at radius 1 is 1.37 bits per heavy atom. The number of nitrogens with one attached hydrogen (secondary N) is 1. The fourth-order valence-corrected chi connectivity index (χ4v) is 3.82. The Hall–Kier alpha value is -1.11. The van der Waals surface area contributed by atoms with E-state index in [0.29, 0.717) is 36.9 Å². The number of piperazine rings is 1. The Morgan fingerprint density at radius 2 is 2.05 bits per heavy atom. The quantitative estimate of drug-likeness (QED) is 0.898. The Balaban J connectivity index is 2.23. The molecule has 2 rings (SSSR count). The third-order valence-electron chi connectivity index (χ3n) is 3.18. The van der Waals surface area contributed by atoms with Gasteiger partial charge in [-0.3, -0.25) is 0 Å². The molecule has 0 bridgehead atoms. The van der Waals surface area contributed by atoms with Crippen LogP contribution in [0.15, 0.2) is 29.2 Å². The molecule has 106 valence electrons. The van der Waals surface area contributed by atoms with Crippen LogP contribution in [0.3, 0.4) is 0 Å². The molecule has 0 amide bonds. The van der Waals surface area contributed by atoms with Crippen LogP contribution in [-0.2, 0) is 10.0 Å². The van der Waals surface area contributed by atoms with E-state index in [-0.39, 0.29) is 6.04 Å². The highest BCUT2D eigenvalue weighted by molar-refractivity contribution is 7.89. The van der Waals surface area contributed by atoms with Crippen molar-refractivity contribution in [2.24, 2.45) is 0 Å². The topological polar surface area (TPSA) is 58.6 Å². The highest BCUT2D eigenvalue weighted by Crippen LogP contribution is 2.21. The van der Waals surface area contributed by atoms with Crippen LogP contribution in [0.1, 0.15) is 13.8 Å². The molecule has 5 nitrogen and oxygen atoms in total. The minimum Gasteiger partial charge on any atom is -0.494 e. The van der Waals surface area contributed by atoms with Gasteiger partial charge in [0.05, 0.1) is 11.5 Å². The Labute approximate surface area is 114 Å². The molecule has 1 aromatic carbocycles. The van der Waals surface area contributed by atoms with Gasteiger partial charge in [-0.1, -0.05) is 0 Å². The van der Waals surface area contributed by atoms with E-state index < -0.39 is 10.0 Å². The molecule has 1 saturated heterocycles. The Bertz CT molecular complexity index is 513. The summed E-state index contributed by atoms with van der Waals surface area (Å²) < 4.78 is 31.9. The predicted molar refractivity (Wildman–Crippen MR) is 73.8 cm³/mol. The summed E-state index contributed by atoms with van der Waals surface area (Å²) in [6.45, 7) is 6.28. The molecule has 1 aromatic rings. The van der Waals surface area contributed by atoms with Gasteiger partial charge in [-0.2, -0.15) is 4.31 Å². The van der Waals surface area contributed by atoms with Gasteiger partial charge in [0.1, 0.15) is 5.75 Å². The van der Waals surface area contributed by atoms with Crippen LogP contribution in [0.4, 0.5) is 0 Å². The van der Waals surface area contributed by atoms with Crippen molar-refractivity contribution in [3.63, 3.8) is 0 Å². The van der Waals surface area contributed by atoms with Crippen LogP contribution < -0.4 is 10.1 Å². The molecule has 1 unspecified atom stereocenters. The number of hydrogen-bond donors (Lipinski definition) is 1. The number of rotatable bonds is 4. The van der Waals surface area contributed by atoms with E-state index in [0.717, 1.165) is 0 Å². The first-order valence-electron chi connectivity index (χ1n) is 6.51. The lowest BCUT2D eigenvalue weighted by atomic mass is 10.3. The van der Waals surface area contributed by atoms with Crippen molar-refractivity contribution in [2.45, 2.75) is 24.8 Å². The highest BCUT2D eigenvalue weighted by atomic mass is 32.2. The second-order valence-corrected chi connectivity index (χ2v) is 6.46. The summed E-state index contributed by atoms with van der Waals surface area (Å²) in [5.41, 5.74) is 0. The molecule has 1 aliphatic heterocycles. The molecular weight excluding hydrogens is 264 g/mol. The smallest absolute Gasteiger partial charge is 0.243 e. The molecule has 1 N–H and O–H groups in total. The van der Waals surface area contributed by atoms with Gasteiger partial charge >= 0.3 is 0 Å². The van der Waals surface area contributed by atoms with Crippen LogP contribution in [0.25, 0.3) is 0 Å². The third kappa shape index (κ3) is 3.08. The largest absolute Gasteiger partial charge is 0.494 e. The van der Waals surface area contributed by atoms with Crippen molar-refractivity contribution < 1.29 is 13.2 Å². The molecule has 0 spiro atoms. The van der Waals surface area contributed by atoms with E-state index in [1.807, 2.05) is 13.8 Å². The molecule has 0 aromatic heterocycles.